The third-order valence-corrected chi connectivity index (χ3v) is 4.24. The molecule has 0 spiro atoms. The van der Waals surface area contributed by atoms with E-state index in [1.165, 1.54) is 12.8 Å². The van der Waals surface area contributed by atoms with Crippen molar-refractivity contribution in [1.29, 1.82) is 0 Å². The van der Waals surface area contributed by atoms with Crippen molar-refractivity contribution in [2.45, 2.75) is 26.2 Å². The first kappa shape index (κ1) is 32.9. The Bertz CT molecular complexity index is 311. The second-order valence-electron chi connectivity index (χ2n) is 6.91. The van der Waals surface area contributed by atoms with Gasteiger partial charge in [0.25, 0.3) is 0 Å². The summed E-state index contributed by atoms with van der Waals surface area (Å²) in [7, 11) is 0. The molecule has 10 heteroatoms. The first-order valence-corrected chi connectivity index (χ1v) is 12.7. The van der Waals surface area contributed by atoms with Gasteiger partial charge in [-0.1, -0.05) is 19.8 Å². The molecule has 0 aromatic rings. The van der Waals surface area contributed by atoms with Crippen LogP contribution in [-0.2, 0) is 42.6 Å². The SMILES string of the molecule is CCCCCOCCOCCOCCOCCOCCOCCOCCOCCOCCCl. The van der Waals surface area contributed by atoms with Gasteiger partial charge in [0.05, 0.1) is 112 Å². The molecule has 200 valence electrons. The van der Waals surface area contributed by atoms with Crippen LogP contribution < -0.4 is 0 Å². The second-order valence-corrected chi connectivity index (χ2v) is 7.29. The quantitative estimate of drug-likeness (QED) is 0.109. The number of unbranched alkanes of at least 4 members (excludes halogenated alkanes) is 2. The standard InChI is InChI=1S/C23H47ClO9/c1-2-3-4-6-25-8-10-27-12-14-29-16-18-31-20-22-33-23-21-32-19-17-30-15-13-28-11-9-26-7-5-24/h2-23H2,1H3. The molecule has 0 radical (unpaired) electrons. The van der Waals surface area contributed by atoms with Gasteiger partial charge in [-0.2, -0.15) is 0 Å². The van der Waals surface area contributed by atoms with Gasteiger partial charge >= 0.3 is 0 Å². The Labute approximate surface area is 205 Å². The maximum atomic E-state index is 5.50. The minimum atomic E-state index is 0.505. The predicted molar refractivity (Wildman–Crippen MR) is 128 cm³/mol. The fraction of sp³-hybridized carbons (Fsp3) is 1.00. The van der Waals surface area contributed by atoms with Crippen LogP contribution in [0.3, 0.4) is 0 Å². The topological polar surface area (TPSA) is 83.1 Å². The van der Waals surface area contributed by atoms with Gasteiger partial charge < -0.3 is 42.6 Å². The van der Waals surface area contributed by atoms with Gasteiger partial charge in [-0.05, 0) is 6.42 Å². The molecule has 0 amide bonds. The van der Waals surface area contributed by atoms with Gasteiger partial charge in [-0.25, -0.2) is 0 Å². The Hall–Kier alpha value is -0.0700. The third-order valence-electron chi connectivity index (χ3n) is 4.09. The molecular weight excluding hydrogens is 456 g/mol. The minimum absolute atomic E-state index is 0.505. The Kier molecular flexibility index (Phi) is 31.9. The molecule has 0 aromatic carbocycles. The average Bonchev–Trinajstić information content (AvgIpc) is 2.83. The molecule has 0 unspecified atom stereocenters. The zero-order valence-corrected chi connectivity index (χ0v) is 21.4. The fourth-order valence-corrected chi connectivity index (χ4v) is 2.48. The maximum Gasteiger partial charge on any atom is 0.0701 e. The van der Waals surface area contributed by atoms with Crippen molar-refractivity contribution < 1.29 is 42.6 Å². The van der Waals surface area contributed by atoms with Crippen LogP contribution in [0.25, 0.3) is 0 Å². The van der Waals surface area contributed by atoms with E-state index in [1.54, 1.807) is 0 Å². The average molecular weight is 503 g/mol. The van der Waals surface area contributed by atoms with Gasteiger partial charge in [-0.15, -0.1) is 11.6 Å². The van der Waals surface area contributed by atoms with Crippen LogP contribution in [0.5, 0.6) is 0 Å². The highest BCUT2D eigenvalue weighted by atomic mass is 35.5. The highest BCUT2D eigenvalue weighted by molar-refractivity contribution is 6.17. The molecule has 0 saturated carbocycles. The van der Waals surface area contributed by atoms with Crippen molar-refractivity contribution in [3.8, 4) is 0 Å². The molecule has 33 heavy (non-hydrogen) atoms. The molecule has 9 nitrogen and oxygen atoms in total. The molecule has 0 N–H and O–H groups in total. The molecule has 0 bridgehead atoms. The lowest BCUT2D eigenvalue weighted by Crippen LogP contribution is -2.15. The van der Waals surface area contributed by atoms with Crippen molar-refractivity contribution in [3.05, 3.63) is 0 Å². The van der Waals surface area contributed by atoms with E-state index in [0.717, 1.165) is 13.0 Å². The maximum absolute atomic E-state index is 5.50. The van der Waals surface area contributed by atoms with Crippen LogP contribution in [0.2, 0.25) is 0 Å². The van der Waals surface area contributed by atoms with E-state index < -0.39 is 0 Å². The molecule has 0 atom stereocenters. The van der Waals surface area contributed by atoms with Crippen molar-refractivity contribution in [2.24, 2.45) is 0 Å². The van der Waals surface area contributed by atoms with Crippen molar-refractivity contribution >= 4 is 11.6 Å². The smallest absolute Gasteiger partial charge is 0.0701 e. The Morgan fingerprint density at radius 1 is 0.333 bits per heavy atom. The molecule has 0 saturated heterocycles. The summed E-state index contributed by atoms with van der Waals surface area (Å²) in [5.74, 6) is 0.505. The van der Waals surface area contributed by atoms with Crippen molar-refractivity contribution in [2.75, 3.05) is 125 Å². The Morgan fingerprint density at radius 3 is 0.818 bits per heavy atom. The van der Waals surface area contributed by atoms with Crippen LogP contribution >= 0.6 is 11.6 Å². The summed E-state index contributed by atoms with van der Waals surface area (Å²) >= 11 is 5.50. The van der Waals surface area contributed by atoms with Gasteiger partial charge in [0.1, 0.15) is 0 Å². The van der Waals surface area contributed by atoms with E-state index in [9.17, 15) is 0 Å². The fourth-order valence-electron chi connectivity index (χ4n) is 2.37. The van der Waals surface area contributed by atoms with Gasteiger partial charge in [0, 0.05) is 12.5 Å². The van der Waals surface area contributed by atoms with Crippen LogP contribution in [0.4, 0.5) is 0 Å². The van der Waals surface area contributed by atoms with Crippen molar-refractivity contribution in [3.63, 3.8) is 0 Å². The largest absolute Gasteiger partial charge is 0.379 e. The van der Waals surface area contributed by atoms with E-state index in [2.05, 4.69) is 6.92 Å². The molecule has 0 aliphatic rings. The molecule has 0 rings (SSSR count). The van der Waals surface area contributed by atoms with Gasteiger partial charge in [0.15, 0.2) is 0 Å². The summed E-state index contributed by atoms with van der Waals surface area (Å²) in [5, 5.41) is 0. The monoisotopic (exact) mass is 502 g/mol. The lowest BCUT2D eigenvalue weighted by atomic mass is 10.3. The van der Waals surface area contributed by atoms with Crippen molar-refractivity contribution in [1.82, 2.24) is 0 Å². The first-order chi connectivity index (χ1) is 16.4. The van der Waals surface area contributed by atoms with Gasteiger partial charge in [0.2, 0.25) is 0 Å². The normalized spacial score (nSPS) is 11.5. The first-order valence-electron chi connectivity index (χ1n) is 12.2. The van der Waals surface area contributed by atoms with Crippen LogP contribution in [0, 0.1) is 0 Å². The van der Waals surface area contributed by atoms with Gasteiger partial charge in [-0.3, -0.25) is 0 Å². The zero-order chi connectivity index (χ0) is 23.9. The molecule has 0 aliphatic carbocycles. The van der Waals surface area contributed by atoms with E-state index in [4.69, 9.17) is 54.2 Å². The lowest BCUT2D eigenvalue weighted by Gasteiger charge is -2.08. The Morgan fingerprint density at radius 2 is 0.576 bits per heavy atom. The number of halogens is 1. The summed E-state index contributed by atoms with van der Waals surface area (Å²) in [6, 6.07) is 0. The summed E-state index contributed by atoms with van der Waals surface area (Å²) in [5.41, 5.74) is 0. The van der Waals surface area contributed by atoms with E-state index in [0.29, 0.717) is 118 Å². The predicted octanol–water partition coefficient (Wildman–Crippen LogP) is 2.56. The zero-order valence-electron chi connectivity index (χ0n) is 20.6. The van der Waals surface area contributed by atoms with E-state index in [1.807, 2.05) is 0 Å². The lowest BCUT2D eigenvalue weighted by molar-refractivity contribution is -0.0248. The number of hydrogen-bond acceptors (Lipinski definition) is 9. The number of rotatable bonds is 30. The van der Waals surface area contributed by atoms with Crippen LogP contribution in [0.15, 0.2) is 0 Å². The summed E-state index contributed by atoms with van der Waals surface area (Å²) in [6.45, 7) is 12.4. The van der Waals surface area contributed by atoms with E-state index >= 15 is 0 Å². The number of ether oxygens (including phenoxy) is 9. The summed E-state index contributed by atoms with van der Waals surface area (Å²) in [4.78, 5) is 0. The number of hydrogen-bond donors (Lipinski definition) is 0. The Balaban J connectivity index is 2.99. The molecule has 0 fully saturated rings. The van der Waals surface area contributed by atoms with Crippen LogP contribution in [0.1, 0.15) is 26.2 Å². The minimum Gasteiger partial charge on any atom is -0.379 e. The number of alkyl halides is 1. The highest BCUT2D eigenvalue weighted by Gasteiger charge is 1.95. The summed E-state index contributed by atoms with van der Waals surface area (Å²) < 4.78 is 48.6. The van der Waals surface area contributed by atoms with E-state index in [-0.39, 0.29) is 0 Å². The summed E-state index contributed by atoms with van der Waals surface area (Å²) in [6.07, 6.45) is 3.56. The third kappa shape index (κ3) is 31.9. The second kappa shape index (κ2) is 31.9. The molecule has 0 aliphatic heterocycles. The molecular formula is C23H47ClO9. The van der Waals surface area contributed by atoms with Crippen LogP contribution in [-0.4, -0.2) is 125 Å². The highest BCUT2D eigenvalue weighted by Crippen LogP contribution is 1.94. The molecule has 0 heterocycles. The molecule has 0 aromatic heterocycles.